The zero-order chi connectivity index (χ0) is 13.0. The molecule has 3 atom stereocenters. The molecule has 1 aromatic rings. The Morgan fingerprint density at radius 1 is 1.33 bits per heavy atom. The van der Waals surface area contributed by atoms with Crippen molar-refractivity contribution in [2.45, 2.75) is 46.0 Å². The van der Waals surface area contributed by atoms with Crippen molar-refractivity contribution in [2.75, 3.05) is 0 Å². The third-order valence-electron chi connectivity index (χ3n) is 6.08. The minimum absolute atomic E-state index is 0.368. The van der Waals surface area contributed by atoms with Crippen molar-refractivity contribution >= 4 is 0 Å². The van der Waals surface area contributed by atoms with Crippen molar-refractivity contribution in [3.8, 4) is 6.07 Å². The lowest BCUT2D eigenvalue weighted by atomic mass is 9.65. The molecule has 94 valence electrons. The van der Waals surface area contributed by atoms with Gasteiger partial charge in [0.25, 0.3) is 0 Å². The first-order valence-corrected chi connectivity index (χ1v) is 6.84. The fraction of sp³-hybridized carbons (Fsp3) is 0.625. The highest BCUT2D eigenvalue weighted by molar-refractivity contribution is 5.34. The maximum atomic E-state index is 9.01. The van der Waals surface area contributed by atoms with E-state index in [0.29, 0.717) is 22.3 Å². The summed E-state index contributed by atoms with van der Waals surface area (Å²) in [5.74, 6) is 1.41. The molecule has 2 bridgehead atoms. The van der Waals surface area contributed by atoms with Crippen molar-refractivity contribution in [1.82, 2.24) is 4.98 Å². The van der Waals surface area contributed by atoms with Crippen LogP contribution in [-0.2, 0) is 0 Å². The van der Waals surface area contributed by atoms with E-state index in [0.717, 1.165) is 5.92 Å². The standard InChI is InChI=1S/C16H20N2/c1-15(2)13-4-5-16(15,3)14(7-13)12-6-11(8-17)9-18-10-12/h6,9-10,13-14H,4-5,7H2,1-3H3. The van der Waals surface area contributed by atoms with Crippen LogP contribution in [0.15, 0.2) is 18.5 Å². The first-order valence-electron chi connectivity index (χ1n) is 6.84. The van der Waals surface area contributed by atoms with E-state index in [2.05, 4.69) is 31.8 Å². The molecule has 2 nitrogen and oxygen atoms in total. The summed E-state index contributed by atoms with van der Waals surface area (Å²) in [6.07, 6.45) is 7.56. The molecule has 2 aliphatic carbocycles. The summed E-state index contributed by atoms with van der Waals surface area (Å²) < 4.78 is 0. The lowest BCUT2D eigenvalue weighted by Gasteiger charge is -2.39. The Bertz CT molecular complexity index is 526. The molecule has 1 heterocycles. The zero-order valence-electron chi connectivity index (χ0n) is 11.4. The van der Waals surface area contributed by atoms with E-state index in [9.17, 15) is 0 Å². The van der Waals surface area contributed by atoms with Gasteiger partial charge in [0, 0.05) is 12.4 Å². The van der Waals surface area contributed by atoms with Crippen LogP contribution in [0.2, 0.25) is 0 Å². The SMILES string of the molecule is CC1(C)C2CCC1(C)C(c1cncc(C#N)c1)C2. The number of rotatable bonds is 1. The molecule has 3 rings (SSSR count). The van der Waals surface area contributed by atoms with Gasteiger partial charge in [-0.15, -0.1) is 0 Å². The Morgan fingerprint density at radius 2 is 2.11 bits per heavy atom. The molecule has 3 unspecified atom stereocenters. The normalized spacial score (nSPS) is 36.6. The first kappa shape index (κ1) is 11.7. The zero-order valence-corrected chi connectivity index (χ0v) is 11.4. The molecule has 18 heavy (non-hydrogen) atoms. The molecule has 0 aromatic carbocycles. The summed E-state index contributed by atoms with van der Waals surface area (Å²) in [7, 11) is 0. The van der Waals surface area contributed by atoms with E-state index in [1.54, 1.807) is 6.20 Å². The van der Waals surface area contributed by atoms with Gasteiger partial charge in [-0.1, -0.05) is 20.8 Å². The Hall–Kier alpha value is -1.36. The van der Waals surface area contributed by atoms with Crippen molar-refractivity contribution in [3.63, 3.8) is 0 Å². The number of nitriles is 1. The van der Waals surface area contributed by atoms with Gasteiger partial charge < -0.3 is 0 Å². The molecule has 2 fully saturated rings. The summed E-state index contributed by atoms with van der Waals surface area (Å²) in [6, 6.07) is 4.25. The Balaban J connectivity index is 2.03. The second-order valence-electron chi connectivity index (χ2n) is 6.78. The third-order valence-corrected chi connectivity index (χ3v) is 6.08. The van der Waals surface area contributed by atoms with Crippen molar-refractivity contribution in [1.29, 1.82) is 5.26 Å². The predicted molar refractivity (Wildman–Crippen MR) is 70.9 cm³/mol. The second-order valence-corrected chi connectivity index (χ2v) is 6.78. The molecule has 2 heteroatoms. The average molecular weight is 240 g/mol. The largest absolute Gasteiger partial charge is 0.263 e. The lowest BCUT2D eigenvalue weighted by molar-refractivity contribution is 0.134. The third kappa shape index (κ3) is 1.31. The maximum Gasteiger partial charge on any atom is 0.101 e. The van der Waals surface area contributed by atoms with Gasteiger partial charge in [-0.2, -0.15) is 5.26 Å². The van der Waals surface area contributed by atoms with Gasteiger partial charge in [-0.25, -0.2) is 0 Å². The van der Waals surface area contributed by atoms with Gasteiger partial charge in [-0.05, 0) is 53.6 Å². The van der Waals surface area contributed by atoms with Crippen LogP contribution in [-0.4, -0.2) is 4.98 Å². The van der Waals surface area contributed by atoms with Gasteiger partial charge in [0.05, 0.1) is 5.56 Å². The fourth-order valence-electron chi connectivity index (χ4n) is 4.42. The molecule has 0 amide bonds. The smallest absolute Gasteiger partial charge is 0.101 e. The molecule has 2 aliphatic rings. The Morgan fingerprint density at radius 3 is 2.67 bits per heavy atom. The fourth-order valence-corrected chi connectivity index (χ4v) is 4.42. The van der Waals surface area contributed by atoms with Crippen LogP contribution < -0.4 is 0 Å². The minimum atomic E-state index is 0.368. The summed E-state index contributed by atoms with van der Waals surface area (Å²) in [5, 5.41) is 9.01. The van der Waals surface area contributed by atoms with Gasteiger partial charge in [0.2, 0.25) is 0 Å². The molecule has 0 radical (unpaired) electrons. The second kappa shape index (κ2) is 3.57. The van der Waals surface area contributed by atoms with E-state index in [4.69, 9.17) is 5.26 Å². The Labute approximate surface area is 109 Å². The lowest BCUT2D eigenvalue weighted by Crippen LogP contribution is -2.31. The van der Waals surface area contributed by atoms with E-state index >= 15 is 0 Å². The Kier molecular flexibility index (Phi) is 2.32. The van der Waals surface area contributed by atoms with Gasteiger partial charge >= 0.3 is 0 Å². The van der Waals surface area contributed by atoms with Crippen LogP contribution >= 0.6 is 0 Å². The number of hydrogen-bond acceptors (Lipinski definition) is 2. The number of aromatic nitrogens is 1. The average Bonchev–Trinajstić information content (AvgIpc) is 2.71. The topological polar surface area (TPSA) is 36.7 Å². The number of fused-ring (bicyclic) bond motifs is 2. The maximum absolute atomic E-state index is 9.01. The monoisotopic (exact) mass is 240 g/mol. The molecule has 1 aromatic heterocycles. The van der Waals surface area contributed by atoms with E-state index in [-0.39, 0.29) is 0 Å². The molecule has 2 saturated carbocycles. The summed E-state index contributed by atoms with van der Waals surface area (Å²) in [4.78, 5) is 4.24. The van der Waals surface area contributed by atoms with E-state index in [1.807, 2.05) is 12.3 Å². The number of pyridine rings is 1. The molecule has 0 spiro atoms. The quantitative estimate of drug-likeness (QED) is 0.746. The van der Waals surface area contributed by atoms with Crippen molar-refractivity contribution < 1.29 is 0 Å². The number of nitrogens with zero attached hydrogens (tertiary/aromatic N) is 2. The molecule has 0 saturated heterocycles. The van der Waals surface area contributed by atoms with Crippen LogP contribution in [0, 0.1) is 28.1 Å². The van der Waals surface area contributed by atoms with Gasteiger partial charge in [-0.3, -0.25) is 4.98 Å². The summed E-state index contributed by atoms with van der Waals surface area (Å²) in [6.45, 7) is 7.28. The molecular formula is C16H20N2. The highest BCUT2D eigenvalue weighted by Crippen LogP contribution is 2.70. The molecule has 0 N–H and O–H groups in total. The van der Waals surface area contributed by atoms with Crippen LogP contribution in [0.4, 0.5) is 0 Å². The predicted octanol–water partition coefficient (Wildman–Crippen LogP) is 3.88. The van der Waals surface area contributed by atoms with Gasteiger partial charge in [0.15, 0.2) is 0 Å². The van der Waals surface area contributed by atoms with E-state index in [1.165, 1.54) is 24.8 Å². The van der Waals surface area contributed by atoms with E-state index < -0.39 is 0 Å². The van der Waals surface area contributed by atoms with Crippen LogP contribution in [0.5, 0.6) is 0 Å². The minimum Gasteiger partial charge on any atom is -0.263 e. The highest BCUT2D eigenvalue weighted by atomic mass is 14.7. The summed E-state index contributed by atoms with van der Waals surface area (Å²) in [5.41, 5.74) is 2.75. The van der Waals surface area contributed by atoms with Crippen LogP contribution in [0.25, 0.3) is 0 Å². The highest BCUT2D eigenvalue weighted by Gasteiger charge is 2.61. The first-order chi connectivity index (χ1) is 8.49. The van der Waals surface area contributed by atoms with Gasteiger partial charge in [0.1, 0.15) is 6.07 Å². The van der Waals surface area contributed by atoms with Crippen LogP contribution in [0.1, 0.15) is 57.1 Å². The van der Waals surface area contributed by atoms with Crippen LogP contribution in [0.3, 0.4) is 0 Å². The molecule has 0 aliphatic heterocycles. The molecular weight excluding hydrogens is 220 g/mol. The summed E-state index contributed by atoms with van der Waals surface area (Å²) >= 11 is 0. The number of hydrogen-bond donors (Lipinski definition) is 0. The van der Waals surface area contributed by atoms with Crippen molar-refractivity contribution in [2.24, 2.45) is 16.7 Å². The van der Waals surface area contributed by atoms with Crippen molar-refractivity contribution in [3.05, 3.63) is 29.6 Å².